The quantitative estimate of drug-likeness (QED) is 0.356. The molecular formula is C22H32IN5O. The molecule has 1 aromatic carbocycles. The van der Waals surface area contributed by atoms with Gasteiger partial charge in [-0.2, -0.15) is 0 Å². The van der Waals surface area contributed by atoms with E-state index >= 15 is 0 Å². The summed E-state index contributed by atoms with van der Waals surface area (Å²) < 4.78 is 5.82. The Morgan fingerprint density at radius 3 is 2.31 bits per heavy atom. The highest BCUT2D eigenvalue weighted by molar-refractivity contribution is 14.0. The Balaban J connectivity index is 0.00000300. The van der Waals surface area contributed by atoms with Crippen LogP contribution in [0.4, 0.5) is 0 Å². The van der Waals surface area contributed by atoms with Gasteiger partial charge in [-0.05, 0) is 37.1 Å². The van der Waals surface area contributed by atoms with Crippen molar-refractivity contribution in [3.05, 3.63) is 65.5 Å². The van der Waals surface area contributed by atoms with Gasteiger partial charge in [0.1, 0.15) is 0 Å². The Labute approximate surface area is 191 Å². The number of halogens is 1. The number of benzene rings is 1. The summed E-state index contributed by atoms with van der Waals surface area (Å²) in [7, 11) is 1.78. The van der Waals surface area contributed by atoms with Gasteiger partial charge < -0.3 is 15.4 Å². The van der Waals surface area contributed by atoms with Gasteiger partial charge in [-0.3, -0.25) is 14.9 Å². The van der Waals surface area contributed by atoms with Crippen molar-refractivity contribution in [2.24, 2.45) is 4.99 Å². The first kappa shape index (κ1) is 23.6. The van der Waals surface area contributed by atoms with Crippen LogP contribution in [0.1, 0.15) is 30.7 Å². The van der Waals surface area contributed by atoms with E-state index in [0.717, 1.165) is 37.8 Å². The molecule has 0 aliphatic carbocycles. The van der Waals surface area contributed by atoms with Crippen LogP contribution in [0.2, 0.25) is 0 Å². The number of guanidine groups is 1. The highest BCUT2D eigenvalue weighted by atomic mass is 127. The van der Waals surface area contributed by atoms with E-state index in [9.17, 15) is 0 Å². The monoisotopic (exact) mass is 509 g/mol. The average Bonchev–Trinajstić information content (AvgIpc) is 2.69. The van der Waals surface area contributed by atoms with Crippen molar-refractivity contribution in [1.29, 1.82) is 0 Å². The Morgan fingerprint density at radius 2 is 1.69 bits per heavy atom. The Morgan fingerprint density at radius 1 is 1.03 bits per heavy atom. The van der Waals surface area contributed by atoms with E-state index in [2.05, 4.69) is 63.6 Å². The molecule has 1 aliphatic heterocycles. The van der Waals surface area contributed by atoms with E-state index in [1.54, 1.807) is 13.2 Å². The fourth-order valence-corrected chi connectivity index (χ4v) is 3.52. The molecule has 1 saturated heterocycles. The summed E-state index contributed by atoms with van der Waals surface area (Å²) in [6.45, 7) is 8.62. The van der Waals surface area contributed by atoms with Crippen molar-refractivity contribution in [2.75, 3.05) is 20.1 Å². The van der Waals surface area contributed by atoms with Gasteiger partial charge in [-0.25, -0.2) is 0 Å². The minimum atomic E-state index is 0. The first-order valence-corrected chi connectivity index (χ1v) is 9.92. The molecule has 2 atom stereocenters. The molecule has 1 aromatic heterocycles. The summed E-state index contributed by atoms with van der Waals surface area (Å²) in [5, 5.41) is 6.64. The van der Waals surface area contributed by atoms with Gasteiger partial charge in [0, 0.05) is 39.4 Å². The lowest BCUT2D eigenvalue weighted by molar-refractivity contribution is -0.0704. The zero-order valence-corrected chi connectivity index (χ0v) is 19.8. The second-order valence-electron chi connectivity index (χ2n) is 7.37. The third kappa shape index (κ3) is 7.91. The van der Waals surface area contributed by atoms with Crippen molar-refractivity contribution in [2.45, 2.75) is 45.7 Å². The van der Waals surface area contributed by atoms with Crippen LogP contribution in [-0.4, -0.2) is 48.2 Å². The first-order chi connectivity index (χ1) is 13.6. The number of hydrogen-bond donors (Lipinski definition) is 2. The highest BCUT2D eigenvalue weighted by Gasteiger charge is 2.21. The van der Waals surface area contributed by atoms with Crippen LogP contribution in [-0.2, 0) is 24.4 Å². The minimum absolute atomic E-state index is 0. The van der Waals surface area contributed by atoms with Gasteiger partial charge >= 0.3 is 0 Å². The van der Waals surface area contributed by atoms with Crippen LogP contribution in [0.3, 0.4) is 0 Å². The van der Waals surface area contributed by atoms with E-state index in [1.165, 1.54) is 11.1 Å². The summed E-state index contributed by atoms with van der Waals surface area (Å²) >= 11 is 0. The fraction of sp³-hybridized carbons (Fsp3) is 0.455. The standard InChI is InChI=1S/C22H31N5O.HI/c1-17-14-27(15-18(2)28-17)16-20-9-7-19(8-10-20)12-25-22(23-3)26-13-21-6-4-5-11-24-21;/h4-11,17-18H,12-16H2,1-3H3,(H2,23,25,26);1H. The number of rotatable bonds is 6. The maximum atomic E-state index is 5.82. The highest BCUT2D eigenvalue weighted by Crippen LogP contribution is 2.14. The van der Waals surface area contributed by atoms with Crippen LogP contribution in [0.5, 0.6) is 0 Å². The van der Waals surface area contributed by atoms with Crippen LogP contribution < -0.4 is 10.6 Å². The molecule has 29 heavy (non-hydrogen) atoms. The SMILES string of the molecule is CN=C(NCc1ccc(CN2CC(C)OC(C)C2)cc1)NCc1ccccn1.I. The zero-order chi connectivity index (χ0) is 19.8. The number of aliphatic imine (C=N–C) groups is 1. The smallest absolute Gasteiger partial charge is 0.191 e. The van der Waals surface area contributed by atoms with Gasteiger partial charge in [0.25, 0.3) is 0 Å². The van der Waals surface area contributed by atoms with E-state index in [0.29, 0.717) is 18.8 Å². The number of morpholine rings is 1. The third-order valence-electron chi connectivity index (χ3n) is 4.77. The molecule has 0 bridgehead atoms. The summed E-state index contributed by atoms with van der Waals surface area (Å²) in [6, 6.07) is 14.7. The van der Waals surface area contributed by atoms with Crippen molar-refractivity contribution in [3.8, 4) is 0 Å². The molecular weight excluding hydrogens is 477 g/mol. The summed E-state index contributed by atoms with van der Waals surface area (Å²) in [5.74, 6) is 0.769. The topological polar surface area (TPSA) is 61.8 Å². The average molecular weight is 509 g/mol. The van der Waals surface area contributed by atoms with E-state index in [1.807, 2.05) is 18.2 Å². The lowest BCUT2D eigenvalue weighted by atomic mass is 10.1. The molecule has 2 aromatic rings. The molecule has 0 radical (unpaired) electrons. The molecule has 0 amide bonds. The van der Waals surface area contributed by atoms with Crippen LogP contribution in [0.15, 0.2) is 53.7 Å². The fourth-order valence-electron chi connectivity index (χ4n) is 3.52. The van der Waals surface area contributed by atoms with E-state index in [4.69, 9.17) is 4.74 Å². The van der Waals surface area contributed by atoms with Crippen LogP contribution in [0, 0.1) is 0 Å². The molecule has 6 nitrogen and oxygen atoms in total. The molecule has 0 saturated carbocycles. The first-order valence-electron chi connectivity index (χ1n) is 9.92. The number of nitrogens with zero attached hydrogens (tertiary/aromatic N) is 3. The predicted molar refractivity (Wildman–Crippen MR) is 128 cm³/mol. The molecule has 7 heteroatoms. The number of hydrogen-bond acceptors (Lipinski definition) is 4. The molecule has 3 rings (SSSR count). The Hall–Kier alpha value is -1.71. The number of ether oxygens (including phenoxy) is 1. The maximum absolute atomic E-state index is 5.82. The Bertz CT molecular complexity index is 744. The van der Waals surface area contributed by atoms with Gasteiger partial charge in [0.2, 0.25) is 0 Å². The van der Waals surface area contributed by atoms with E-state index < -0.39 is 0 Å². The maximum Gasteiger partial charge on any atom is 0.191 e. The summed E-state index contributed by atoms with van der Waals surface area (Å²) in [4.78, 5) is 11.1. The predicted octanol–water partition coefficient (Wildman–Crippen LogP) is 3.17. The van der Waals surface area contributed by atoms with Crippen LogP contribution >= 0.6 is 24.0 Å². The third-order valence-corrected chi connectivity index (χ3v) is 4.77. The molecule has 0 spiro atoms. The minimum Gasteiger partial charge on any atom is -0.373 e. The van der Waals surface area contributed by atoms with Gasteiger partial charge in [0.15, 0.2) is 5.96 Å². The summed E-state index contributed by atoms with van der Waals surface area (Å²) in [6.07, 6.45) is 2.41. The molecule has 1 fully saturated rings. The van der Waals surface area contributed by atoms with Crippen molar-refractivity contribution in [3.63, 3.8) is 0 Å². The molecule has 2 N–H and O–H groups in total. The van der Waals surface area contributed by atoms with Gasteiger partial charge in [-0.15, -0.1) is 24.0 Å². The van der Waals surface area contributed by atoms with Gasteiger partial charge in [0.05, 0.1) is 24.4 Å². The Kier molecular flexibility index (Phi) is 9.83. The molecule has 1 aliphatic rings. The lowest BCUT2D eigenvalue weighted by Gasteiger charge is -2.35. The molecule has 2 unspecified atom stereocenters. The number of pyridine rings is 1. The molecule has 158 valence electrons. The molecule has 2 heterocycles. The van der Waals surface area contributed by atoms with Crippen LogP contribution in [0.25, 0.3) is 0 Å². The zero-order valence-electron chi connectivity index (χ0n) is 17.5. The number of aromatic nitrogens is 1. The second-order valence-corrected chi connectivity index (χ2v) is 7.37. The summed E-state index contributed by atoms with van der Waals surface area (Å²) in [5.41, 5.74) is 3.55. The van der Waals surface area contributed by atoms with E-state index in [-0.39, 0.29) is 24.0 Å². The van der Waals surface area contributed by atoms with Crippen molar-refractivity contribution < 1.29 is 4.74 Å². The lowest BCUT2D eigenvalue weighted by Crippen LogP contribution is -2.44. The van der Waals surface area contributed by atoms with Gasteiger partial charge in [-0.1, -0.05) is 30.3 Å². The van der Waals surface area contributed by atoms with Crippen molar-refractivity contribution in [1.82, 2.24) is 20.5 Å². The second kappa shape index (κ2) is 12.1. The van der Waals surface area contributed by atoms with Crippen molar-refractivity contribution >= 4 is 29.9 Å². The largest absolute Gasteiger partial charge is 0.373 e. The normalized spacial score (nSPS) is 20.0. The number of nitrogens with one attached hydrogen (secondary N) is 2.